The molecule has 0 aromatic carbocycles. The third kappa shape index (κ3) is 1.97. The lowest BCUT2D eigenvalue weighted by atomic mass is 9.87. The second-order valence-electron chi connectivity index (χ2n) is 4.85. The minimum atomic E-state index is -4.86. The molecule has 1 amide bonds. The predicted molar refractivity (Wildman–Crippen MR) is 59.3 cm³/mol. The molecule has 3 fully saturated rings. The zero-order valence-corrected chi connectivity index (χ0v) is 10.1. The van der Waals surface area contributed by atoms with Crippen molar-refractivity contribution >= 4 is 11.7 Å². The highest BCUT2D eigenvalue weighted by atomic mass is 19.4. The summed E-state index contributed by atoms with van der Waals surface area (Å²) in [6, 6.07) is -1.09. The van der Waals surface area contributed by atoms with Gasteiger partial charge in [0, 0.05) is 13.1 Å². The van der Waals surface area contributed by atoms with Crippen molar-refractivity contribution < 1.29 is 22.4 Å². The van der Waals surface area contributed by atoms with Crippen molar-refractivity contribution in [3.8, 4) is 0 Å². The molecule has 0 saturated carbocycles. The summed E-state index contributed by atoms with van der Waals surface area (Å²) in [7, 11) is 0. The maximum absolute atomic E-state index is 13.5. The van der Waals surface area contributed by atoms with Crippen LogP contribution in [0.5, 0.6) is 0 Å². The number of piperidine rings is 1. The van der Waals surface area contributed by atoms with Gasteiger partial charge in [0.2, 0.25) is 0 Å². The molecule has 3 saturated heterocycles. The van der Waals surface area contributed by atoms with Crippen molar-refractivity contribution in [3.63, 3.8) is 0 Å². The molecule has 9 heteroatoms. The zero-order valence-electron chi connectivity index (χ0n) is 10.1. The van der Waals surface area contributed by atoms with Crippen LogP contribution in [0.1, 0.15) is 6.42 Å². The SMILES string of the molecule is O=C(N1C2CC1CN(c1ncncc1F)C2)C(F)(F)F. The largest absolute Gasteiger partial charge is 0.471 e. The van der Waals surface area contributed by atoms with E-state index in [4.69, 9.17) is 0 Å². The number of carbonyl (C=O) groups excluding carboxylic acids is 1. The van der Waals surface area contributed by atoms with Crippen molar-refractivity contribution in [1.82, 2.24) is 14.9 Å². The Kier molecular flexibility index (Phi) is 2.80. The van der Waals surface area contributed by atoms with Crippen LogP contribution in [0.3, 0.4) is 0 Å². The lowest BCUT2D eigenvalue weighted by Crippen LogP contribution is -2.72. The van der Waals surface area contributed by atoms with Crippen LogP contribution in [-0.2, 0) is 4.79 Å². The van der Waals surface area contributed by atoms with E-state index in [1.807, 2.05) is 0 Å². The Bertz CT molecular complexity index is 537. The van der Waals surface area contributed by atoms with Gasteiger partial charge in [-0.15, -0.1) is 0 Å². The molecule has 4 heterocycles. The van der Waals surface area contributed by atoms with Crippen molar-refractivity contribution in [2.75, 3.05) is 18.0 Å². The monoisotopic (exact) mass is 290 g/mol. The summed E-state index contributed by atoms with van der Waals surface area (Å²) < 4.78 is 50.8. The van der Waals surface area contributed by atoms with Gasteiger partial charge in [0.25, 0.3) is 0 Å². The summed E-state index contributed by atoms with van der Waals surface area (Å²) in [5.41, 5.74) is 0. The first-order valence-electron chi connectivity index (χ1n) is 5.98. The number of hydrogen-bond donors (Lipinski definition) is 0. The number of hydrogen-bond acceptors (Lipinski definition) is 4. The summed E-state index contributed by atoms with van der Waals surface area (Å²) in [5.74, 6) is -2.38. The second kappa shape index (κ2) is 4.29. The van der Waals surface area contributed by atoms with Crippen molar-refractivity contribution in [1.29, 1.82) is 0 Å². The molecular weight excluding hydrogens is 280 g/mol. The highest BCUT2D eigenvalue weighted by molar-refractivity contribution is 5.83. The minimum Gasteiger partial charge on any atom is -0.350 e. The summed E-state index contributed by atoms with van der Waals surface area (Å²) in [5, 5.41) is 0. The first-order chi connectivity index (χ1) is 9.38. The Balaban J connectivity index is 1.74. The van der Waals surface area contributed by atoms with Crippen LogP contribution in [0.15, 0.2) is 12.5 Å². The molecule has 108 valence electrons. The molecular formula is C11H10F4N4O. The first kappa shape index (κ1) is 13.1. The van der Waals surface area contributed by atoms with Gasteiger partial charge < -0.3 is 9.80 Å². The fourth-order valence-corrected chi connectivity index (χ4v) is 2.80. The lowest BCUT2D eigenvalue weighted by molar-refractivity contribution is -0.199. The van der Waals surface area contributed by atoms with Crippen LogP contribution >= 0.6 is 0 Å². The standard InChI is InChI=1S/C11H10F4N4O/c12-8-2-16-5-17-9(8)18-3-6-1-7(4-18)19(6)10(20)11(13,14)15/h2,5-7H,1,3-4H2. The number of aromatic nitrogens is 2. The molecule has 1 aromatic rings. The van der Waals surface area contributed by atoms with E-state index < -0.39 is 30.0 Å². The number of carbonyl (C=O) groups is 1. The fourth-order valence-electron chi connectivity index (χ4n) is 2.80. The van der Waals surface area contributed by atoms with E-state index in [1.54, 1.807) is 4.90 Å². The van der Waals surface area contributed by atoms with Gasteiger partial charge >= 0.3 is 12.1 Å². The maximum atomic E-state index is 13.5. The molecule has 20 heavy (non-hydrogen) atoms. The average Bonchev–Trinajstić information content (AvgIpc) is 2.38. The van der Waals surface area contributed by atoms with E-state index in [1.165, 1.54) is 6.33 Å². The average molecular weight is 290 g/mol. The maximum Gasteiger partial charge on any atom is 0.471 e. The minimum absolute atomic E-state index is 0.0637. The van der Waals surface area contributed by atoms with Crippen LogP contribution in [0.4, 0.5) is 23.4 Å². The van der Waals surface area contributed by atoms with Gasteiger partial charge in [-0.05, 0) is 6.42 Å². The van der Waals surface area contributed by atoms with Gasteiger partial charge in [0.1, 0.15) is 6.33 Å². The first-order valence-corrected chi connectivity index (χ1v) is 5.98. The number of nitrogens with zero attached hydrogens (tertiary/aromatic N) is 4. The summed E-state index contributed by atoms with van der Waals surface area (Å²) in [6.07, 6.45) is -2.18. The van der Waals surface area contributed by atoms with Crippen LogP contribution in [0, 0.1) is 5.82 Å². The number of halogens is 4. The van der Waals surface area contributed by atoms with Gasteiger partial charge in [-0.25, -0.2) is 14.4 Å². The highest BCUT2D eigenvalue weighted by Crippen LogP contribution is 2.37. The third-order valence-corrected chi connectivity index (χ3v) is 3.62. The summed E-state index contributed by atoms with van der Waals surface area (Å²) >= 11 is 0. The Labute approximate surface area is 111 Å². The van der Waals surface area contributed by atoms with Crippen LogP contribution < -0.4 is 4.90 Å². The molecule has 0 aliphatic carbocycles. The molecule has 0 N–H and O–H groups in total. The molecule has 3 aliphatic rings. The van der Waals surface area contributed by atoms with E-state index in [9.17, 15) is 22.4 Å². The topological polar surface area (TPSA) is 49.3 Å². The number of amides is 1. The highest BCUT2D eigenvalue weighted by Gasteiger charge is 2.55. The number of piperazine rings is 1. The zero-order chi connectivity index (χ0) is 14.5. The van der Waals surface area contributed by atoms with E-state index in [-0.39, 0.29) is 18.9 Å². The smallest absolute Gasteiger partial charge is 0.350 e. The van der Waals surface area contributed by atoms with Crippen molar-refractivity contribution in [3.05, 3.63) is 18.3 Å². The Morgan fingerprint density at radius 3 is 2.50 bits per heavy atom. The number of fused-ring (bicyclic) bond motifs is 2. The van der Waals surface area contributed by atoms with E-state index in [2.05, 4.69) is 9.97 Å². The normalized spacial score (nSPS) is 25.4. The van der Waals surface area contributed by atoms with Gasteiger partial charge in [-0.3, -0.25) is 4.79 Å². The van der Waals surface area contributed by atoms with Crippen LogP contribution in [0.25, 0.3) is 0 Å². The van der Waals surface area contributed by atoms with Gasteiger partial charge in [-0.2, -0.15) is 13.2 Å². The molecule has 2 atom stereocenters. The molecule has 1 aromatic heterocycles. The number of alkyl halides is 3. The number of anilines is 1. The molecule has 4 rings (SSSR count). The van der Waals surface area contributed by atoms with E-state index in [0.717, 1.165) is 11.1 Å². The fraction of sp³-hybridized carbons (Fsp3) is 0.545. The Morgan fingerprint density at radius 1 is 1.30 bits per heavy atom. The second-order valence-corrected chi connectivity index (χ2v) is 4.85. The Morgan fingerprint density at radius 2 is 1.95 bits per heavy atom. The molecule has 5 nitrogen and oxygen atoms in total. The Hall–Kier alpha value is -1.93. The van der Waals surface area contributed by atoms with E-state index in [0.29, 0.717) is 6.42 Å². The molecule has 0 spiro atoms. The van der Waals surface area contributed by atoms with E-state index >= 15 is 0 Å². The van der Waals surface area contributed by atoms with Crippen LogP contribution in [-0.4, -0.2) is 52.1 Å². The van der Waals surface area contributed by atoms with Gasteiger partial charge in [0.15, 0.2) is 11.6 Å². The molecule has 2 bridgehead atoms. The number of rotatable bonds is 1. The van der Waals surface area contributed by atoms with Gasteiger partial charge in [-0.1, -0.05) is 0 Å². The quantitative estimate of drug-likeness (QED) is 0.723. The predicted octanol–water partition coefficient (Wildman–Crippen LogP) is 0.967. The molecule has 0 radical (unpaired) electrons. The van der Waals surface area contributed by atoms with Crippen molar-refractivity contribution in [2.24, 2.45) is 0 Å². The third-order valence-electron chi connectivity index (χ3n) is 3.62. The summed E-state index contributed by atoms with van der Waals surface area (Å²) in [4.78, 5) is 21.0. The lowest BCUT2D eigenvalue weighted by Gasteiger charge is -2.56. The molecule has 2 unspecified atom stereocenters. The van der Waals surface area contributed by atoms with Gasteiger partial charge in [0.05, 0.1) is 18.3 Å². The van der Waals surface area contributed by atoms with Crippen LogP contribution in [0.2, 0.25) is 0 Å². The van der Waals surface area contributed by atoms with Crippen molar-refractivity contribution in [2.45, 2.75) is 24.7 Å². The summed E-state index contributed by atoms with van der Waals surface area (Å²) in [6.45, 7) is 0.290. The molecule has 3 aliphatic heterocycles.